The Bertz CT molecular complexity index is 3340. The molecule has 0 bridgehead atoms. The summed E-state index contributed by atoms with van der Waals surface area (Å²) in [5, 5.41) is 9.79. The van der Waals surface area contributed by atoms with E-state index in [4.69, 9.17) is 40.8 Å². The number of esters is 1. The van der Waals surface area contributed by atoms with Crippen LogP contribution in [0.15, 0.2) is 157 Å². The van der Waals surface area contributed by atoms with E-state index in [1.165, 1.54) is 10.2 Å². The van der Waals surface area contributed by atoms with Crippen LogP contribution in [0.25, 0.3) is 39.4 Å². The van der Waals surface area contributed by atoms with E-state index in [-0.39, 0.29) is 72.0 Å². The third-order valence-electron chi connectivity index (χ3n) is 11.7. The van der Waals surface area contributed by atoms with E-state index < -0.39 is 16.0 Å². The zero-order valence-electron chi connectivity index (χ0n) is 40.3. The van der Waals surface area contributed by atoms with Gasteiger partial charge in [-0.15, -0.1) is 0 Å². The quantitative estimate of drug-likeness (QED) is 0.0683. The number of nitrogens with two attached hydrogens (primary N) is 2. The van der Waals surface area contributed by atoms with Crippen LogP contribution in [0.5, 0.6) is 11.5 Å². The summed E-state index contributed by atoms with van der Waals surface area (Å²) < 4.78 is 45.8. The number of hydrogen-bond acceptors (Lipinski definition) is 12. The SMILES string of the molecule is CCOC(=O)Cc1ccccc1OCc1cc(-c2cccc(CN)c2)c2ccn(S(=O)(=O)c3ccc(C)cc3)c2n1.NCc1cccc(-c2cc(COc3ccccc3CC(=O)O)nc3c2C=CC3)c1.[Na+].[OH-]. The molecule has 72 heavy (non-hydrogen) atoms. The van der Waals surface area contributed by atoms with Crippen LogP contribution in [0.4, 0.5) is 0 Å². The maximum Gasteiger partial charge on any atom is 1.00 e. The number of carboxylic acids is 1. The molecule has 14 nitrogen and oxygen atoms in total. The fourth-order valence-electron chi connectivity index (χ4n) is 8.22. The summed E-state index contributed by atoms with van der Waals surface area (Å²) in [5.74, 6) is -0.132. The van der Waals surface area contributed by atoms with E-state index in [0.717, 1.165) is 62.3 Å². The second-order valence-corrected chi connectivity index (χ2v) is 18.4. The van der Waals surface area contributed by atoms with Crippen molar-refractivity contribution in [1.82, 2.24) is 13.9 Å². The van der Waals surface area contributed by atoms with E-state index in [1.807, 2.05) is 85.8 Å². The normalized spacial score (nSPS) is 11.4. The van der Waals surface area contributed by atoms with E-state index in [1.54, 1.807) is 55.5 Å². The number of para-hydroxylation sites is 2. The van der Waals surface area contributed by atoms with Gasteiger partial charge in [0.05, 0.1) is 41.4 Å². The number of carbonyl (C=O) groups is 2. The summed E-state index contributed by atoms with van der Waals surface area (Å²) in [6, 6.07) is 42.9. The van der Waals surface area contributed by atoms with Crippen molar-refractivity contribution in [1.29, 1.82) is 0 Å². The Morgan fingerprint density at radius 3 is 1.88 bits per heavy atom. The molecule has 9 rings (SSSR count). The Balaban J connectivity index is 0.000000242. The number of pyridine rings is 2. The Morgan fingerprint density at radius 2 is 1.28 bits per heavy atom. The first kappa shape index (κ1) is 54.4. The third kappa shape index (κ3) is 12.9. The number of fused-ring (bicyclic) bond motifs is 2. The number of ether oxygens (including phenoxy) is 3. The first-order chi connectivity index (χ1) is 33.9. The van der Waals surface area contributed by atoms with Crippen LogP contribution in [0.1, 0.15) is 57.4 Å². The zero-order chi connectivity index (χ0) is 49.2. The van der Waals surface area contributed by atoms with Crippen LogP contribution in [-0.2, 0) is 69.9 Å². The average Bonchev–Trinajstić information content (AvgIpc) is 4.04. The van der Waals surface area contributed by atoms with Crippen molar-refractivity contribution in [3.63, 3.8) is 0 Å². The Kier molecular flexibility index (Phi) is 18.8. The Hall–Kier alpha value is -6.95. The molecule has 16 heteroatoms. The topological polar surface area (TPSA) is 229 Å². The van der Waals surface area contributed by atoms with Crippen LogP contribution in [0.2, 0.25) is 0 Å². The summed E-state index contributed by atoms with van der Waals surface area (Å²) in [7, 11) is -3.92. The number of allylic oxidation sites excluding steroid dienone is 1. The van der Waals surface area contributed by atoms with Gasteiger partial charge in [0, 0.05) is 47.8 Å². The van der Waals surface area contributed by atoms with Crippen LogP contribution >= 0.6 is 0 Å². The fraction of sp³-hybridized carbons (Fsp3) is 0.179. The molecule has 0 saturated heterocycles. The average molecular weight is 996 g/mol. The van der Waals surface area contributed by atoms with E-state index >= 15 is 0 Å². The molecule has 1 aliphatic rings. The number of aromatic nitrogens is 3. The van der Waals surface area contributed by atoms with Crippen molar-refractivity contribution in [2.75, 3.05) is 6.61 Å². The Morgan fingerprint density at radius 1 is 0.708 bits per heavy atom. The number of rotatable bonds is 17. The minimum absolute atomic E-state index is 0. The number of aliphatic carboxylic acids is 1. The van der Waals surface area contributed by atoms with Crippen molar-refractivity contribution < 1.29 is 72.4 Å². The molecular formula is C56H54N5NaO9S. The van der Waals surface area contributed by atoms with E-state index in [9.17, 15) is 18.0 Å². The molecular weight excluding hydrogens is 942 g/mol. The molecule has 0 spiro atoms. The number of carbonyl (C=O) groups excluding carboxylic acids is 1. The summed E-state index contributed by atoms with van der Waals surface area (Å²) in [6.45, 7) is 5.15. The third-order valence-corrected chi connectivity index (χ3v) is 13.3. The molecule has 1 aliphatic carbocycles. The largest absolute Gasteiger partial charge is 1.00 e. The van der Waals surface area contributed by atoms with Crippen LogP contribution in [-0.4, -0.2) is 51.5 Å². The van der Waals surface area contributed by atoms with Gasteiger partial charge < -0.3 is 36.3 Å². The van der Waals surface area contributed by atoms with Crippen LogP contribution in [0, 0.1) is 6.92 Å². The molecule has 364 valence electrons. The number of nitrogens with zero attached hydrogens (tertiary/aromatic N) is 3. The van der Waals surface area contributed by atoms with Gasteiger partial charge in [-0.25, -0.2) is 17.4 Å². The number of benzene rings is 5. The zero-order valence-corrected chi connectivity index (χ0v) is 43.1. The molecule has 3 heterocycles. The maximum atomic E-state index is 13.7. The summed E-state index contributed by atoms with van der Waals surface area (Å²) >= 11 is 0. The van der Waals surface area contributed by atoms with E-state index in [0.29, 0.717) is 59.0 Å². The van der Waals surface area contributed by atoms with Gasteiger partial charge in [0.15, 0.2) is 5.65 Å². The standard InChI is InChI=1S/C32H31N3O5S.C24H22N2O3.Na.H2O/c1-3-39-31(36)18-25-8-4-5-10-30(25)40-21-26-19-29(24-9-6-7-23(17-24)20-33)28-15-16-35(32(28)34-26)41(37,38)27-13-11-22(2)12-14-27;25-14-16-5-3-7-17(11-16)21-13-19(26-22-9-4-8-20(21)22)15-29-23-10-2-1-6-18(23)12-24(27)28;;/h4-17,19H,3,18,20-21,33H2,1-2H3;1-8,10-11,13H,9,12,14-15,25H2,(H,27,28);;1H2/q;;+1;/p-1. The first-order valence-corrected chi connectivity index (χ1v) is 24.3. The van der Waals surface area contributed by atoms with Gasteiger partial charge >= 0.3 is 41.5 Å². The molecule has 5 aromatic carbocycles. The fourth-order valence-corrected chi connectivity index (χ4v) is 9.52. The summed E-state index contributed by atoms with van der Waals surface area (Å²) in [6.07, 6.45) is 6.55. The number of aryl methyl sites for hydroxylation is 1. The van der Waals surface area contributed by atoms with Crippen molar-refractivity contribution in [3.05, 3.63) is 202 Å². The minimum atomic E-state index is -3.92. The molecule has 0 saturated carbocycles. The van der Waals surface area contributed by atoms with Gasteiger partial charge in [0.25, 0.3) is 10.0 Å². The molecule has 8 aromatic rings. The van der Waals surface area contributed by atoms with Crippen molar-refractivity contribution in [2.45, 2.75) is 64.3 Å². The molecule has 0 unspecified atom stereocenters. The molecule has 3 aromatic heterocycles. The smallest absolute Gasteiger partial charge is 0.870 e. The van der Waals surface area contributed by atoms with Gasteiger partial charge in [-0.3, -0.25) is 14.6 Å². The second-order valence-electron chi connectivity index (χ2n) is 16.6. The van der Waals surface area contributed by atoms with Crippen molar-refractivity contribution >= 4 is 39.1 Å². The molecule has 0 fully saturated rings. The summed E-state index contributed by atoms with van der Waals surface area (Å²) in [4.78, 5) is 32.9. The predicted molar refractivity (Wildman–Crippen MR) is 272 cm³/mol. The van der Waals surface area contributed by atoms with Gasteiger partial charge in [0.1, 0.15) is 24.7 Å². The van der Waals surface area contributed by atoms with Gasteiger partial charge in [0.2, 0.25) is 0 Å². The van der Waals surface area contributed by atoms with Gasteiger partial charge in [-0.2, -0.15) is 0 Å². The molecule has 0 amide bonds. The molecule has 0 aliphatic heterocycles. The Labute approximate surface area is 441 Å². The van der Waals surface area contributed by atoms with Gasteiger partial charge in [-0.05, 0) is 102 Å². The summed E-state index contributed by atoms with van der Waals surface area (Å²) in [5.41, 5.74) is 23.7. The van der Waals surface area contributed by atoms with E-state index in [2.05, 4.69) is 24.3 Å². The number of hydrogen-bond donors (Lipinski definition) is 3. The van der Waals surface area contributed by atoms with Gasteiger partial charge in [-0.1, -0.05) is 103 Å². The van der Waals surface area contributed by atoms with Crippen LogP contribution in [0.3, 0.4) is 0 Å². The van der Waals surface area contributed by atoms with Crippen molar-refractivity contribution in [3.8, 4) is 33.8 Å². The molecule has 0 atom stereocenters. The maximum absolute atomic E-state index is 13.7. The molecule has 6 N–H and O–H groups in total. The predicted octanol–water partition coefficient (Wildman–Crippen LogP) is 6.20. The molecule has 0 radical (unpaired) electrons. The monoisotopic (exact) mass is 995 g/mol. The second kappa shape index (κ2) is 24.9. The minimum Gasteiger partial charge on any atom is -0.870 e. The van der Waals surface area contributed by atoms with Crippen LogP contribution < -0.4 is 50.5 Å². The number of carboxylic acid groups (broad SMARTS) is 1. The van der Waals surface area contributed by atoms with Crippen molar-refractivity contribution in [2.24, 2.45) is 11.5 Å². The first-order valence-electron chi connectivity index (χ1n) is 22.8.